The summed E-state index contributed by atoms with van der Waals surface area (Å²) in [5.41, 5.74) is 1.28. The molecular formula is C16H20O5S. The zero-order chi connectivity index (χ0) is 16.3. The maximum Gasteiger partial charge on any atom is 0.339 e. The van der Waals surface area contributed by atoms with Gasteiger partial charge in [0.25, 0.3) is 0 Å². The second-order valence-corrected chi connectivity index (χ2v) is 7.04. The van der Waals surface area contributed by atoms with Crippen molar-refractivity contribution in [2.24, 2.45) is 0 Å². The molecule has 0 bridgehead atoms. The van der Waals surface area contributed by atoms with Crippen LogP contribution in [0.5, 0.6) is 5.75 Å². The third-order valence-corrected chi connectivity index (χ3v) is 4.88. The van der Waals surface area contributed by atoms with Gasteiger partial charge in [-0.25, -0.2) is 4.79 Å². The minimum atomic E-state index is -3.62. The van der Waals surface area contributed by atoms with E-state index < -0.39 is 15.7 Å². The highest BCUT2D eigenvalue weighted by atomic mass is 32.2. The smallest absolute Gasteiger partial charge is 0.339 e. The molecule has 120 valence electrons. The van der Waals surface area contributed by atoms with Crippen LogP contribution in [-0.2, 0) is 10.1 Å². The zero-order valence-corrected chi connectivity index (χ0v) is 13.8. The van der Waals surface area contributed by atoms with Crippen LogP contribution < -0.4 is 9.81 Å². The van der Waals surface area contributed by atoms with Crippen LogP contribution in [0.2, 0.25) is 0 Å². The molecule has 2 aromatic rings. The van der Waals surface area contributed by atoms with Crippen molar-refractivity contribution in [1.29, 1.82) is 0 Å². The molecule has 0 saturated carbocycles. The van der Waals surface area contributed by atoms with Crippen LogP contribution in [0, 0.1) is 13.8 Å². The minimum Gasteiger partial charge on any atom is -0.422 e. The Morgan fingerprint density at radius 3 is 2.55 bits per heavy atom. The first-order valence-corrected chi connectivity index (χ1v) is 8.88. The lowest BCUT2D eigenvalue weighted by Gasteiger charge is -2.08. The van der Waals surface area contributed by atoms with E-state index in [2.05, 4.69) is 0 Å². The summed E-state index contributed by atoms with van der Waals surface area (Å²) in [6.07, 6.45) is 2.35. The topological polar surface area (TPSA) is 73.6 Å². The number of fused-ring (bicyclic) bond motifs is 1. The third kappa shape index (κ3) is 3.68. The first-order chi connectivity index (χ1) is 10.3. The summed E-state index contributed by atoms with van der Waals surface area (Å²) in [5.74, 6) is 0.144. The Hall–Kier alpha value is -1.82. The van der Waals surface area contributed by atoms with Crippen molar-refractivity contribution in [3.05, 3.63) is 39.7 Å². The first-order valence-electron chi connectivity index (χ1n) is 7.30. The van der Waals surface area contributed by atoms with Crippen molar-refractivity contribution in [3.8, 4) is 5.75 Å². The lowest BCUT2D eigenvalue weighted by atomic mass is 10.1. The van der Waals surface area contributed by atoms with Crippen molar-refractivity contribution >= 4 is 21.1 Å². The Morgan fingerprint density at radius 1 is 1.14 bits per heavy atom. The predicted molar refractivity (Wildman–Crippen MR) is 85.9 cm³/mol. The molecule has 0 N–H and O–H groups in total. The van der Waals surface area contributed by atoms with Crippen LogP contribution in [0.25, 0.3) is 11.0 Å². The number of hydrogen-bond donors (Lipinski definition) is 0. The van der Waals surface area contributed by atoms with E-state index in [-0.39, 0.29) is 11.5 Å². The number of hydrogen-bond acceptors (Lipinski definition) is 5. The van der Waals surface area contributed by atoms with E-state index in [4.69, 9.17) is 8.60 Å². The van der Waals surface area contributed by atoms with Crippen LogP contribution in [0.4, 0.5) is 0 Å². The van der Waals surface area contributed by atoms with Gasteiger partial charge in [-0.2, -0.15) is 8.42 Å². The van der Waals surface area contributed by atoms with Gasteiger partial charge in [0, 0.05) is 17.0 Å². The fourth-order valence-electron chi connectivity index (χ4n) is 2.20. The first kappa shape index (κ1) is 16.5. The SMILES string of the molecule is CCCCCS(=O)(=O)Oc1ccc2c(C)c(C)c(=O)oc2c1. The minimum absolute atomic E-state index is 0.0181. The van der Waals surface area contributed by atoms with Gasteiger partial charge in [0.2, 0.25) is 0 Å². The molecule has 1 aromatic heterocycles. The number of benzene rings is 1. The molecule has 0 aliphatic heterocycles. The maximum atomic E-state index is 11.9. The molecule has 0 radical (unpaired) electrons. The van der Waals surface area contributed by atoms with Crippen molar-refractivity contribution in [2.75, 3.05) is 5.75 Å². The van der Waals surface area contributed by atoms with Gasteiger partial charge >= 0.3 is 15.7 Å². The molecule has 0 amide bonds. The second kappa shape index (κ2) is 6.52. The van der Waals surface area contributed by atoms with Crippen molar-refractivity contribution < 1.29 is 17.0 Å². The molecule has 5 nitrogen and oxygen atoms in total. The molecule has 0 fully saturated rings. The third-order valence-electron chi connectivity index (χ3n) is 3.65. The summed E-state index contributed by atoms with van der Waals surface area (Å²) in [6, 6.07) is 4.73. The molecule has 1 heterocycles. The Morgan fingerprint density at radius 2 is 1.86 bits per heavy atom. The average Bonchev–Trinajstić information content (AvgIpc) is 2.44. The van der Waals surface area contributed by atoms with Crippen LogP contribution >= 0.6 is 0 Å². The highest BCUT2D eigenvalue weighted by molar-refractivity contribution is 7.87. The van der Waals surface area contributed by atoms with Gasteiger partial charge in [0.15, 0.2) is 0 Å². The van der Waals surface area contributed by atoms with E-state index in [1.807, 2.05) is 13.8 Å². The molecule has 0 aliphatic carbocycles. The molecule has 0 unspecified atom stereocenters. The largest absolute Gasteiger partial charge is 0.422 e. The van der Waals surface area contributed by atoms with Gasteiger partial charge < -0.3 is 8.60 Å². The normalized spacial score (nSPS) is 11.8. The fraction of sp³-hybridized carbons (Fsp3) is 0.438. The van der Waals surface area contributed by atoms with Crippen LogP contribution in [0.1, 0.15) is 37.3 Å². The van der Waals surface area contributed by atoms with E-state index in [0.29, 0.717) is 17.6 Å². The van der Waals surface area contributed by atoms with E-state index in [1.54, 1.807) is 19.1 Å². The predicted octanol–water partition coefficient (Wildman–Crippen LogP) is 3.31. The summed E-state index contributed by atoms with van der Waals surface area (Å²) in [7, 11) is -3.62. The molecule has 1 aromatic carbocycles. The summed E-state index contributed by atoms with van der Waals surface area (Å²) < 4.78 is 34.0. The lowest BCUT2D eigenvalue weighted by molar-refractivity contribution is 0.482. The number of unbranched alkanes of at least 4 members (excludes halogenated alkanes) is 2. The van der Waals surface area contributed by atoms with Crippen LogP contribution in [-0.4, -0.2) is 14.2 Å². The summed E-state index contributed by atoms with van der Waals surface area (Å²) in [4.78, 5) is 11.7. The molecule has 0 saturated heterocycles. The zero-order valence-electron chi connectivity index (χ0n) is 13.0. The van der Waals surface area contributed by atoms with Crippen molar-refractivity contribution in [3.63, 3.8) is 0 Å². The van der Waals surface area contributed by atoms with E-state index in [9.17, 15) is 13.2 Å². The van der Waals surface area contributed by atoms with Gasteiger partial charge in [-0.15, -0.1) is 0 Å². The Labute approximate surface area is 130 Å². The fourth-order valence-corrected chi connectivity index (χ4v) is 3.24. The van der Waals surface area contributed by atoms with Gasteiger partial charge in [0.05, 0.1) is 5.75 Å². The molecule has 2 rings (SSSR count). The average molecular weight is 324 g/mol. The van der Waals surface area contributed by atoms with Crippen molar-refractivity contribution in [1.82, 2.24) is 0 Å². The van der Waals surface area contributed by atoms with Gasteiger partial charge in [-0.1, -0.05) is 19.8 Å². The second-order valence-electron chi connectivity index (χ2n) is 5.35. The van der Waals surface area contributed by atoms with Gasteiger partial charge in [-0.05, 0) is 38.0 Å². The molecule has 22 heavy (non-hydrogen) atoms. The van der Waals surface area contributed by atoms with Gasteiger partial charge in [-0.3, -0.25) is 0 Å². The highest BCUT2D eigenvalue weighted by Crippen LogP contribution is 2.24. The maximum absolute atomic E-state index is 11.9. The summed E-state index contributed by atoms with van der Waals surface area (Å²) in [5, 5.41) is 0.771. The molecule has 6 heteroatoms. The van der Waals surface area contributed by atoms with Crippen LogP contribution in [0.15, 0.2) is 27.4 Å². The molecule has 0 atom stereocenters. The van der Waals surface area contributed by atoms with Crippen molar-refractivity contribution in [2.45, 2.75) is 40.0 Å². The Kier molecular flexibility index (Phi) is 4.90. The Balaban J connectivity index is 2.30. The monoisotopic (exact) mass is 324 g/mol. The van der Waals surface area contributed by atoms with E-state index in [0.717, 1.165) is 23.8 Å². The molecular weight excluding hydrogens is 304 g/mol. The number of rotatable bonds is 6. The molecule has 0 aliphatic rings. The number of aryl methyl sites for hydroxylation is 1. The Bertz CT molecular complexity index is 833. The van der Waals surface area contributed by atoms with Crippen LogP contribution in [0.3, 0.4) is 0 Å². The van der Waals surface area contributed by atoms with E-state index in [1.165, 1.54) is 6.07 Å². The molecule has 0 spiro atoms. The lowest BCUT2D eigenvalue weighted by Crippen LogP contribution is -2.14. The highest BCUT2D eigenvalue weighted by Gasteiger charge is 2.14. The van der Waals surface area contributed by atoms with Gasteiger partial charge in [0.1, 0.15) is 11.3 Å². The quantitative estimate of drug-likeness (QED) is 0.463. The standard InChI is InChI=1S/C16H20O5S/c1-4-5-6-9-22(18,19)21-13-7-8-14-11(2)12(3)16(17)20-15(14)10-13/h7-8,10H,4-6,9H2,1-3H3. The summed E-state index contributed by atoms with van der Waals surface area (Å²) >= 11 is 0. The van der Waals surface area contributed by atoms with E-state index >= 15 is 0 Å². The summed E-state index contributed by atoms with van der Waals surface area (Å²) in [6.45, 7) is 5.53.